The molecule has 0 radical (unpaired) electrons. The highest BCUT2D eigenvalue weighted by molar-refractivity contribution is 6.04. The monoisotopic (exact) mass is 296 g/mol. The number of hydrogen-bond acceptors (Lipinski definition) is 2. The Bertz CT molecular complexity index is 691. The van der Waals surface area contributed by atoms with Crippen molar-refractivity contribution in [2.75, 3.05) is 10.6 Å². The molecule has 0 heterocycles. The van der Waals surface area contributed by atoms with Crippen LogP contribution in [0.25, 0.3) is 0 Å². The number of benzene rings is 2. The summed E-state index contributed by atoms with van der Waals surface area (Å²) < 4.78 is 0. The van der Waals surface area contributed by atoms with Gasteiger partial charge in [-0.1, -0.05) is 13.0 Å². The largest absolute Gasteiger partial charge is 0.326 e. The molecule has 0 aliphatic carbocycles. The van der Waals surface area contributed by atoms with E-state index in [2.05, 4.69) is 10.6 Å². The zero-order valence-corrected chi connectivity index (χ0v) is 13.1. The Morgan fingerprint density at radius 2 is 1.45 bits per heavy atom. The second-order valence-electron chi connectivity index (χ2n) is 5.23. The van der Waals surface area contributed by atoms with Crippen LogP contribution in [-0.2, 0) is 4.79 Å². The van der Waals surface area contributed by atoms with Crippen molar-refractivity contribution >= 4 is 23.2 Å². The van der Waals surface area contributed by atoms with Crippen LogP contribution in [0.3, 0.4) is 0 Å². The smallest absolute Gasteiger partial charge is 0.255 e. The van der Waals surface area contributed by atoms with Crippen LogP contribution < -0.4 is 10.6 Å². The number of anilines is 2. The van der Waals surface area contributed by atoms with E-state index in [1.54, 1.807) is 31.2 Å². The van der Waals surface area contributed by atoms with Gasteiger partial charge in [-0.2, -0.15) is 0 Å². The van der Waals surface area contributed by atoms with Gasteiger partial charge in [0.15, 0.2) is 0 Å². The molecule has 0 aliphatic rings. The van der Waals surface area contributed by atoms with Crippen LogP contribution in [0.2, 0.25) is 0 Å². The average molecular weight is 296 g/mol. The highest BCUT2D eigenvalue weighted by Gasteiger charge is 2.07. The Labute approximate surface area is 130 Å². The van der Waals surface area contributed by atoms with Crippen LogP contribution >= 0.6 is 0 Å². The van der Waals surface area contributed by atoms with Crippen molar-refractivity contribution < 1.29 is 9.59 Å². The van der Waals surface area contributed by atoms with Gasteiger partial charge in [0, 0.05) is 23.4 Å². The molecule has 0 aliphatic heterocycles. The zero-order valence-electron chi connectivity index (χ0n) is 13.1. The topological polar surface area (TPSA) is 58.2 Å². The number of hydrogen-bond donors (Lipinski definition) is 2. The minimum Gasteiger partial charge on any atom is -0.326 e. The summed E-state index contributed by atoms with van der Waals surface area (Å²) in [7, 11) is 0. The fraction of sp³-hybridized carbons (Fsp3) is 0.222. The molecule has 0 bridgehead atoms. The highest BCUT2D eigenvalue weighted by atomic mass is 16.2. The Kier molecular flexibility index (Phi) is 4.94. The molecule has 2 rings (SSSR count). The summed E-state index contributed by atoms with van der Waals surface area (Å²) in [6, 6.07) is 12.7. The maximum absolute atomic E-state index is 12.2. The van der Waals surface area contributed by atoms with Gasteiger partial charge in [0.25, 0.3) is 5.91 Å². The zero-order chi connectivity index (χ0) is 16.1. The lowest BCUT2D eigenvalue weighted by Crippen LogP contribution is -2.12. The number of rotatable bonds is 4. The van der Waals surface area contributed by atoms with E-state index in [0.717, 1.165) is 16.8 Å². The van der Waals surface area contributed by atoms with Crippen molar-refractivity contribution in [3.8, 4) is 0 Å². The Morgan fingerprint density at radius 1 is 0.864 bits per heavy atom. The first-order valence-electron chi connectivity index (χ1n) is 7.28. The van der Waals surface area contributed by atoms with Crippen molar-refractivity contribution in [3.63, 3.8) is 0 Å². The molecule has 0 unspecified atom stereocenters. The van der Waals surface area contributed by atoms with E-state index in [1.165, 1.54) is 0 Å². The molecule has 2 aromatic carbocycles. The lowest BCUT2D eigenvalue weighted by Gasteiger charge is -2.08. The summed E-state index contributed by atoms with van der Waals surface area (Å²) in [5, 5.41) is 5.61. The SMILES string of the molecule is CCC(=O)Nc1ccc(NC(=O)c2ccc(C)c(C)c2)cc1. The second kappa shape index (κ2) is 6.89. The maximum Gasteiger partial charge on any atom is 0.255 e. The van der Waals surface area contributed by atoms with E-state index in [1.807, 2.05) is 32.0 Å². The number of nitrogens with one attached hydrogen (secondary N) is 2. The molecule has 4 heteroatoms. The average Bonchev–Trinajstić information content (AvgIpc) is 2.51. The first-order valence-corrected chi connectivity index (χ1v) is 7.28. The quantitative estimate of drug-likeness (QED) is 0.899. The Morgan fingerprint density at radius 3 is 2.00 bits per heavy atom. The lowest BCUT2D eigenvalue weighted by molar-refractivity contribution is -0.115. The van der Waals surface area contributed by atoms with Gasteiger partial charge < -0.3 is 10.6 Å². The molecular formula is C18H20N2O2. The van der Waals surface area contributed by atoms with Gasteiger partial charge >= 0.3 is 0 Å². The molecule has 2 N–H and O–H groups in total. The number of aryl methyl sites for hydroxylation is 2. The molecule has 2 amide bonds. The third-order valence-corrected chi connectivity index (χ3v) is 3.52. The van der Waals surface area contributed by atoms with Gasteiger partial charge in [-0.15, -0.1) is 0 Å². The van der Waals surface area contributed by atoms with E-state index in [9.17, 15) is 9.59 Å². The van der Waals surface area contributed by atoms with E-state index in [4.69, 9.17) is 0 Å². The number of amides is 2. The third-order valence-electron chi connectivity index (χ3n) is 3.52. The van der Waals surface area contributed by atoms with Gasteiger partial charge in [0.2, 0.25) is 5.91 Å². The van der Waals surface area contributed by atoms with E-state index in [-0.39, 0.29) is 11.8 Å². The molecule has 22 heavy (non-hydrogen) atoms. The molecule has 0 atom stereocenters. The van der Waals surface area contributed by atoms with Crippen LogP contribution in [0.1, 0.15) is 34.8 Å². The molecule has 4 nitrogen and oxygen atoms in total. The molecule has 0 saturated carbocycles. The van der Waals surface area contributed by atoms with Crippen LogP contribution in [-0.4, -0.2) is 11.8 Å². The van der Waals surface area contributed by atoms with Gasteiger partial charge in [-0.05, 0) is 61.4 Å². The summed E-state index contributed by atoms with van der Waals surface area (Å²) in [5.41, 5.74) is 4.29. The van der Waals surface area contributed by atoms with Crippen LogP contribution in [0.5, 0.6) is 0 Å². The summed E-state index contributed by atoms with van der Waals surface area (Å²) in [4.78, 5) is 23.5. The predicted molar refractivity (Wildman–Crippen MR) is 89.2 cm³/mol. The molecule has 0 spiro atoms. The van der Waals surface area contributed by atoms with E-state index in [0.29, 0.717) is 17.7 Å². The van der Waals surface area contributed by atoms with Crippen LogP contribution in [0, 0.1) is 13.8 Å². The van der Waals surface area contributed by atoms with Crippen molar-refractivity contribution in [2.24, 2.45) is 0 Å². The van der Waals surface area contributed by atoms with E-state index >= 15 is 0 Å². The number of carbonyl (C=O) groups is 2. The van der Waals surface area contributed by atoms with Crippen LogP contribution in [0.15, 0.2) is 42.5 Å². The molecule has 0 aromatic heterocycles. The van der Waals surface area contributed by atoms with Gasteiger partial charge in [-0.25, -0.2) is 0 Å². The normalized spacial score (nSPS) is 10.1. The summed E-state index contributed by atoms with van der Waals surface area (Å²) in [6.45, 7) is 5.80. The van der Waals surface area contributed by atoms with Gasteiger partial charge in [0.1, 0.15) is 0 Å². The fourth-order valence-electron chi connectivity index (χ4n) is 1.97. The first kappa shape index (κ1) is 15.8. The Balaban J connectivity index is 2.05. The molecule has 0 fully saturated rings. The molecule has 0 saturated heterocycles. The summed E-state index contributed by atoms with van der Waals surface area (Å²) >= 11 is 0. The molecule has 114 valence electrons. The van der Waals surface area contributed by atoms with Crippen molar-refractivity contribution in [2.45, 2.75) is 27.2 Å². The van der Waals surface area contributed by atoms with Gasteiger partial charge in [0.05, 0.1) is 0 Å². The predicted octanol–water partition coefficient (Wildman–Crippen LogP) is 3.90. The third kappa shape index (κ3) is 3.95. The standard InChI is InChI=1S/C18H20N2O2/c1-4-17(21)19-15-7-9-16(10-8-15)20-18(22)14-6-5-12(2)13(3)11-14/h5-11H,4H2,1-3H3,(H,19,21)(H,20,22). The second-order valence-corrected chi connectivity index (χ2v) is 5.23. The summed E-state index contributed by atoms with van der Waals surface area (Å²) in [6.07, 6.45) is 0.436. The minimum absolute atomic E-state index is 0.0353. The minimum atomic E-state index is -0.145. The lowest BCUT2D eigenvalue weighted by atomic mass is 10.1. The van der Waals surface area contributed by atoms with Crippen molar-refractivity contribution in [1.82, 2.24) is 0 Å². The van der Waals surface area contributed by atoms with Crippen LogP contribution in [0.4, 0.5) is 11.4 Å². The highest BCUT2D eigenvalue weighted by Crippen LogP contribution is 2.16. The molecule has 2 aromatic rings. The Hall–Kier alpha value is -2.62. The van der Waals surface area contributed by atoms with E-state index < -0.39 is 0 Å². The first-order chi connectivity index (χ1) is 10.5. The van der Waals surface area contributed by atoms with Crippen molar-refractivity contribution in [1.29, 1.82) is 0 Å². The maximum atomic E-state index is 12.2. The van der Waals surface area contributed by atoms with Gasteiger partial charge in [-0.3, -0.25) is 9.59 Å². The summed E-state index contributed by atoms with van der Waals surface area (Å²) in [5.74, 6) is -0.180. The van der Waals surface area contributed by atoms with Crippen molar-refractivity contribution in [3.05, 3.63) is 59.2 Å². The number of carbonyl (C=O) groups excluding carboxylic acids is 2. The molecular weight excluding hydrogens is 276 g/mol. The fourth-order valence-corrected chi connectivity index (χ4v) is 1.97.